The molecule has 4 aromatic rings. The van der Waals surface area contributed by atoms with Crippen molar-refractivity contribution in [1.29, 1.82) is 0 Å². The van der Waals surface area contributed by atoms with Gasteiger partial charge in [-0.3, -0.25) is 24.4 Å². The standard InChI is InChI=1S/C14H17N4O2.C11H14N2O5S.C4H6N2.C4H10O.CH4O3S/c1-15-6-7-16(11-15)8-9-17-5-4-12-2-3-13(18(19)20)10-14(12)17;1-19(16,17)18-7-6-12-5-4-9-2-3-10(13(14)15)8-11(9)12;1-6-3-2-5-4-6;1-2-3-4-5;1-5(2,3)4/h2-3,6-7,10-11H,4-5,8-9H2,1H3;2-3,8H,4-7H2,1H3;2-4H,1H3;5H,2-4H2,1H3;1H3,(H,2,3,4)/q+1;;;;/p-1. The summed E-state index contributed by atoms with van der Waals surface area (Å²) in [5.74, 6) is 0. The number of aliphatic hydroxyl groups excluding tert-OH is 1. The highest BCUT2D eigenvalue weighted by Crippen LogP contribution is 2.32. The highest BCUT2D eigenvalue weighted by Gasteiger charge is 2.23. The van der Waals surface area contributed by atoms with E-state index in [9.17, 15) is 28.6 Å². The Labute approximate surface area is 321 Å². The van der Waals surface area contributed by atoms with E-state index in [1.807, 2.05) is 59.1 Å². The van der Waals surface area contributed by atoms with Crippen molar-refractivity contribution in [3.8, 4) is 0 Å². The van der Waals surface area contributed by atoms with Gasteiger partial charge in [-0.1, -0.05) is 25.5 Å². The zero-order valence-electron chi connectivity index (χ0n) is 31.6. The number of unbranched alkanes of at least 4 members (excludes halogenated alkanes) is 1. The summed E-state index contributed by atoms with van der Waals surface area (Å²) in [4.78, 5) is 28.7. The molecule has 0 aliphatic carbocycles. The zero-order valence-corrected chi connectivity index (χ0v) is 33.3. The summed E-state index contributed by atoms with van der Waals surface area (Å²) in [6, 6.07) is 9.90. The van der Waals surface area contributed by atoms with Crippen LogP contribution in [0.1, 0.15) is 30.9 Å². The number of non-ortho nitro benzene ring substituents is 2. The van der Waals surface area contributed by atoms with Crippen LogP contribution in [-0.2, 0) is 57.9 Å². The van der Waals surface area contributed by atoms with Gasteiger partial charge in [-0.05, 0) is 30.4 Å². The van der Waals surface area contributed by atoms with Gasteiger partial charge < -0.3 is 24.0 Å². The zero-order chi connectivity index (χ0) is 41.2. The molecule has 0 saturated carbocycles. The maximum absolute atomic E-state index is 10.9. The highest BCUT2D eigenvalue weighted by molar-refractivity contribution is 7.86. The Balaban J connectivity index is 0.000000274. The quantitative estimate of drug-likeness (QED) is 0.0753. The van der Waals surface area contributed by atoms with Crippen LogP contribution >= 0.6 is 0 Å². The Kier molecular flexibility index (Phi) is 18.8. The molecule has 55 heavy (non-hydrogen) atoms. The average molecular weight is 811 g/mol. The van der Waals surface area contributed by atoms with Gasteiger partial charge in [-0.25, -0.2) is 22.5 Å². The average Bonchev–Trinajstić information content (AvgIpc) is 3.92. The second-order valence-electron chi connectivity index (χ2n) is 12.5. The van der Waals surface area contributed by atoms with E-state index in [4.69, 9.17) is 18.1 Å². The molecule has 0 radical (unpaired) electrons. The van der Waals surface area contributed by atoms with Crippen LogP contribution in [0.25, 0.3) is 0 Å². The van der Waals surface area contributed by atoms with Crippen molar-refractivity contribution < 1.29 is 45.1 Å². The van der Waals surface area contributed by atoms with E-state index < -0.39 is 25.2 Å². The van der Waals surface area contributed by atoms with Crippen molar-refractivity contribution in [1.82, 2.24) is 14.1 Å². The van der Waals surface area contributed by atoms with Crippen LogP contribution < -0.4 is 14.4 Å². The van der Waals surface area contributed by atoms with E-state index in [1.54, 1.807) is 30.7 Å². The van der Waals surface area contributed by atoms with Gasteiger partial charge in [-0.15, -0.1) is 0 Å². The third-order valence-electron chi connectivity index (χ3n) is 7.80. The predicted molar refractivity (Wildman–Crippen MR) is 205 cm³/mol. The largest absolute Gasteiger partial charge is 0.748 e. The molecule has 2 aliphatic heterocycles. The molecule has 0 unspecified atom stereocenters. The minimum atomic E-state index is -3.92. The van der Waals surface area contributed by atoms with Crippen LogP contribution in [0.5, 0.6) is 0 Å². The van der Waals surface area contributed by atoms with Crippen LogP contribution in [0, 0.1) is 20.2 Å². The summed E-state index contributed by atoms with van der Waals surface area (Å²) in [6.45, 7) is 6.22. The lowest BCUT2D eigenvalue weighted by Crippen LogP contribution is -2.27. The fourth-order valence-corrected chi connectivity index (χ4v) is 5.59. The van der Waals surface area contributed by atoms with Gasteiger partial charge in [0.2, 0.25) is 6.33 Å². The molecular weight excluding hydrogens is 761 g/mol. The molecule has 0 bridgehead atoms. The Morgan fingerprint density at radius 1 is 0.891 bits per heavy atom. The molecule has 21 heteroatoms. The van der Waals surface area contributed by atoms with Crippen molar-refractivity contribution in [3.63, 3.8) is 0 Å². The molecule has 19 nitrogen and oxygen atoms in total. The fraction of sp³-hybridized carbons (Fsp3) is 0.471. The van der Waals surface area contributed by atoms with Crippen LogP contribution in [0.15, 0.2) is 73.8 Å². The molecule has 4 heterocycles. The van der Waals surface area contributed by atoms with Gasteiger partial charge in [0.1, 0.15) is 18.9 Å². The number of aromatic nitrogens is 4. The SMILES string of the molecule is CCCCO.CS(=O)(=O)OCCN1CCc2ccc([N+](=O)[O-])cc21.CS(=O)(=O)[O-].C[n+]1ccn(CCN2CCc3ccc([N+](=O)[O-])cc32)c1.Cn1ccnc1. The molecule has 0 saturated heterocycles. The number of anilines is 2. The number of rotatable bonds is 11. The van der Waals surface area contributed by atoms with Crippen LogP contribution in [0.2, 0.25) is 0 Å². The number of aryl methyl sites for hydroxylation is 2. The monoisotopic (exact) mass is 810 g/mol. The van der Waals surface area contributed by atoms with Crippen molar-refractivity contribution >= 4 is 43.0 Å². The number of nitro groups is 2. The van der Waals surface area contributed by atoms with Crippen LogP contribution in [0.4, 0.5) is 22.7 Å². The number of hydrogen-bond donors (Lipinski definition) is 1. The Morgan fingerprint density at radius 2 is 1.42 bits per heavy atom. The van der Waals surface area contributed by atoms with E-state index >= 15 is 0 Å². The van der Waals surface area contributed by atoms with E-state index in [2.05, 4.69) is 25.6 Å². The molecule has 304 valence electrons. The van der Waals surface area contributed by atoms with E-state index in [0.717, 1.165) is 68.5 Å². The highest BCUT2D eigenvalue weighted by atomic mass is 32.2. The van der Waals surface area contributed by atoms with E-state index in [1.165, 1.54) is 17.7 Å². The lowest BCUT2D eigenvalue weighted by Gasteiger charge is -2.18. The molecule has 0 amide bonds. The van der Waals surface area contributed by atoms with E-state index in [0.29, 0.717) is 26.0 Å². The molecule has 0 atom stereocenters. The van der Waals surface area contributed by atoms with Crippen molar-refractivity contribution in [3.05, 3.63) is 105 Å². The summed E-state index contributed by atoms with van der Waals surface area (Å²) in [6.07, 6.45) is 16.9. The lowest BCUT2D eigenvalue weighted by atomic mass is 10.1. The number of aliphatic hydroxyl groups is 1. The fourth-order valence-electron chi connectivity index (χ4n) is 5.21. The number of hydrogen-bond acceptors (Lipinski definition) is 14. The molecule has 2 aliphatic rings. The van der Waals surface area contributed by atoms with Crippen molar-refractivity contribution in [2.75, 3.05) is 61.7 Å². The molecule has 2 aromatic heterocycles. The second-order valence-corrected chi connectivity index (χ2v) is 15.5. The van der Waals surface area contributed by atoms with Gasteiger partial charge in [0.15, 0.2) is 0 Å². The van der Waals surface area contributed by atoms with Crippen LogP contribution in [-0.4, -0.2) is 102 Å². The minimum absolute atomic E-state index is 0.0367. The maximum Gasteiger partial charge on any atom is 0.271 e. The molecule has 6 rings (SSSR count). The normalized spacial score (nSPS) is 12.7. The molecular formula is C34H50N8O11S2. The minimum Gasteiger partial charge on any atom is -0.748 e. The van der Waals surface area contributed by atoms with Gasteiger partial charge in [0.05, 0.1) is 52.7 Å². The van der Waals surface area contributed by atoms with Gasteiger partial charge in [0, 0.05) is 87.6 Å². The van der Waals surface area contributed by atoms with Gasteiger partial charge >= 0.3 is 0 Å². The van der Waals surface area contributed by atoms with Crippen LogP contribution in [0.3, 0.4) is 0 Å². The maximum atomic E-state index is 10.9. The predicted octanol–water partition coefficient (Wildman–Crippen LogP) is 2.58. The Hall–Kier alpha value is -4.96. The number of fused-ring (bicyclic) bond motifs is 2. The van der Waals surface area contributed by atoms with Gasteiger partial charge in [-0.2, -0.15) is 8.42 Å². The first-order valence-electron chi connectivity index (χ1n) is 17.1. The molecule has 0 spiro atoms. The third-order valence-corrected chi connectivity index (χ3v) is 8.40. The summed E-state index contributed by atoms with van der Waals surface area (Å²) in [5.41, 5.74) is 4.23. The van der Waals surface area contributed by atoms with Gasteiger partial charge in [0.25, 0.3) is 21.5 Å². The first-order valence-corrected chi connectivity index (χ1v) is 20.8. The van der Waals surface area contributed by atoms with E-state index in [-0.39, 0.29) is 22.9 Å². The van der Waals surface area contributed by atoms with Crippen molar-refractivity contribution in [2.24, 2.45) is 14.1 Å². The first-order chi connectivity index (χ1) is 25.8. The topological polar surface area (TPSA) is 240 Å². The summed E-state index contributed by atoms with van der Waals surface area (Å²) in [7, 11) is -3.44. The number of nitrogens with zero attached hydrogens (tertiary/aromatic N) is 8. The Morgan fingerprint density at radius 3 is 1.76 bits per heavy atom. The Bertz CT molecular complexity index is 2010. The summed E-state index contributed by atoms with van der Waals surface area (Å²) >= 11 is 0. The third kappa shape index (κ3) is 18.3. The molecule has 2 aromatic carbocycles. The first kappa shape index (κ1) is 46.2. The summed E-state index contributed by atoms with van der Waals surface area (Å²) < 4.78 is 59.6. The number of nitro benzene ring substituents is 2. The molecule has 0 fully saturated rings. The van der Waals surface area contributed by atoms with Crippen molar-refractivity contribution in [2.45, 2.75) is 39.2 Å². The molecule has 1 N–H and O–H groups in total. The summed E-state index contributed by atoms with van der Waals surface area (Å²) in [5, 5.41) is 29.7. The second kappa shape index (κ2) is 22.4. The number of imidazole rings is 2. The lowest BCUT2D eigenvalue weighted by molar-refractivity contribution is -0.671. The number of benzene rings is 2. The smallest absolute Gasteiger partial charge is 0.271 e.